The van der Waals surface area contributed by atoms with Gasteiger partial charge in [0.05, 0.1) is 5.56 Å². The first kappa shape index (κ1) is 23.3. The SMILES string of the molecule is CCc1ccc(OCc2c(C(=O)N3CCN(Cc4ccc(F)cc4Cl)CC3)noc2C)cc1. The number of carbonyl (C=O) groups excluding carboxylic acids is 1. The van der Waals surface area contributed by atoms with Crippen molar-refractivity contribution in [2.45, 2.75) is 33.4 Å². The first-order valence-electron chi connectivity index (χ1n) is 11.1. The van der Waals surface area contributed by atoms with Gasteiger partial charge in [-0.2, -0.15) is 0 Å². The van der Waals surface area contributed by atoms with E-state index in [0.29, 0.717) is 54.8 Å². The Balaban J connectivity index is 1.35. The number of benzene rings is 2. The lowest BCUT2D eigenvalue weighted by atomic mass is 10.1. The third-order valence-electron chi connectivity index (χ3n) is 5.97. The Morgan fingerprint density at radius 2 is 1.88 bits per heavy atom. The van der Waals surface area contributed by atoms with E-state index in [-0.39, 0.29) is 18.3 Å². The highest BCUT2D eigenvalue weighted by Gasteiger charge is 2.28. The lowest BCUT2D eigenvalue weighted by Gasteiger charge is -2.34. The number of aryl methyl sites for hydroxylation is 2. The molecule has 6 nitrogen and oxygen atoms in total. The summed E-state index contributed by atoms with van der Waals surface area (Å²) in [5.74, 6) is 0.804. The summed E-state index contributed by atoms with van der Waals surface area (Å²) in [6.45, 7) is 7.20. The Labute approximate surface area is 197 Å². The number of aromatic nitrogens is 1. The van der Waals surface area contributed by atoms with Crippen LogP contribution >= 0.6 is 11.6 Å². The van der Waals surface area contributed by atoms with Gasteiger partial charge < -0.3 is 14.2 Å². The van der Waals surface area contributed by atoms with Crippen LogP contribution in [0.3, 0.4) is 0 Å². The molecular weight excluding hydrogens is 445 g/mol. The van der Waals surface area contributed by atoms with Crippen molar-refractivity contribution in [2.24, 2.45) is 0 Å². The zero-order chi connectivity index (χ0) is 23.4. The topological polar surface area (TPSA) is 58.8 Å². The van der Waals surface area contributed by atoms with E-state index in [4.69, 9.17) is 20.9 Å². The van der Waals surface area contributed by atoms with E-state index >= 15 is 0 Å². The van der Waals surface area contributed by atoms with Gasteiger partial charge in [-0.3, -0.25) is 9.69 Å². The van der Waals surface area contributed by atoms with Gasteiger partial charge in [-0.1, -0.05) is 41.9 Å². The maximum Gasteiger partial charge on any atom is 0.276 e. The lowest BCUT2D eigenvalue weighted by molar-refractivity contribution is 0.0616. The molecule has 1 amide bonds. The fraction of sp³-hybridized carbons (Fsp3) is 0.360. The maximum atomic E-state index is 13.3. The van der Waals surface area contributed by atoms with Crippen molar-refractivity contribution in [3.63, 3.8) is 0 Å². The highest BCUT2D eigenvalue weighted by atomic mass is 35.5. The number of rotatable bonds is 7. The van der Waals surface area contributed by atoms with Crippen LogP contribution in [0.1, 0.15) is 39.9 Å². The number of amides is 1. The number of ether oxygens (including phenoxy) is 1. The molecule has 2 aromatic carbocycles. The fourth-order valence-corrected chi connectivity index (χ4v) is 4.08. The molecule has 0 radical (unpaired) electrons. The number of hydrogen-bond acceptors (Lipinski definition) is 5. The van der Waals surface area contributed by atoms with Gasteiger partial charge in [0.2, 0.25) is 0 Å². The van der Waals surface area contributed by atoms with Crippen molar-refractivity contribution in [1.82, 2.24) is 15.0 Å². The molecule has 0 spiro atoms. The smallest absolute Gasteiger partial charge is 0.276 e. The van der Waals surface area contributed by atoms with Crippen LogP contribution in [0.2, 0.25) is 5.02 Å². The Kier molecular flexibility index (Phi) is 7.30. The molecule has 1 aliphatic rings. The third-order valence-corrected chi connectivity index (χ3v) is 6.32. The lowest BCUT2D eigenvalue weighted by Crippen LogP contribution is -2.48. The summed E-state index contributed by atoms with van der Waals surface area (Å²) in [5, 5.41) is 4.44. The molecule has 174 valence electrons. The van der Waals surface area contributed by atoms with Gasteiger partial charge in [0.25, 0.3) is 5.91 Å². The van der Waals surface area contributed by atoms with E-state index in [1.165, 1.54) is 17.7 Å². The number of nitrogens with zero attached hydrogens (tertiary/aromatic N) is 3. The zero-order valence-electron chi connectivity index (χ0n) is 18.8. The minimum atomic E-state index is -0.347. The van der Waals surface area contributed by atoms with Crippen molar-refractivity contribution < 1.29 is 18.4 Å². The van der Waals surface area contributed by atoms with E-state index < -0.39 is 0 Å². The van der Waals surface area contributed by atoms with E-state index in [1.54, 1.807) is 17.9 Å². The molecule has 1 aliphatic heterocycles. The molecule has 3 aromatic rings. The van der Waals surface area contributed by atoms with Gasteiger partial charge in [-0.05, 0) is 48.7 Å². The second kappa shape index (κ2) is 10.4. The van der Waals surface area contributed by atoms with Crippen molar-refractivity contribution >= 4 is 17.5 Å². The van der Waals surface area contributed by atoms with Crippen LogP contribution < -0.4 is 4.74 Å². The molecule has 1 fully saturated rings. The van der Waals surface area contributed by atoms with Crippen LogP contribution in [-0.4, -0.2) is 47.0 Å². The Hall–Kier alpha value is -2.90. The molecule has 0 N–H and O–H groups in total. The molecule has 1 saturated heterocycles. The van der Waals surface area contributed by atoms with Gasteiger partial charge in [0.15, 0.2) is 5.69 Å². The number of carbonyl (C=O) groups is 1. The molecule has 0 atom stereocenters. The summed E-state index contributed by atoms with van der Waals surface area (Å²) < 4.78 is 24.5. The van der Waals surface area contributed by atoms with Gasteiger partial charge in [-0.15, -0.1) is 0 Å². The Bertz CT molecular complexity index is 1110. The summed E-state index contributed by atoms with van der Waals surface area (Å²) in [4.78, 5) is 17.1. The average Bonchev–Trinajstić information content (AvgIpc) is 3.20. The summed E-state index contributed by atoms with van der Waals surface area (Å²) >= 11 is 6.15. The van der Waals surface area contributed by atoms with Crippen LogP contribution in [-0.2, 0) is 19.6 Å². The molecule has 1 aromatic heterocycles. The molecule has 2 heterocycles. The number of piperazine rings is 1. The van der Waals surface area contributed by atoms with Crippen LogP contribution in [0.5, 0.6) is 5.75 Å². The monoisotopic (exact) mass is 471 g/mol. The van der Waals surface area contributed by atoms with Crippen LogP contribution in [0.4, 0.5) is 4.39 Å². The molecule has 0 aliphatic carbocycles. The highest BCUT2D eigenvalue weighted by Crippen LogP contribution is 2.22. The minimum absolute atomic E-state index is 0.161. The van der Waals surface area contributed by atoms with Crippen LogP contribution in [0.25, 0.3) is 0 Å². The number of hydrogen-bond donors (Lipinski definition) is 0. The molecule has 0 bridgehead atoms. The molecule has 0 unspecified atom stereocenters. The molecule has 0 saturated carbocycles. The van der Waals surface area contributed by atoms with Crippen molar-refractivity contribution in [1.29, 1.82) is 0 Å². The standard InChI is InChI=1S/C25H27ClFN3O3/c1-3-18-4-8-21(9-5-18)32-16-22-17(2)33-28-24(22)25(31)30-12-10-29(11-13-30)15-19-6-7-20(27)14-23(19)26/h4-9,14H,3,10-13,15-16H2,1-2H3. The van der Waals surface area contributed by atoms with E-state index in [9.17, 15) is 9.18 Å². The molecule has 8 heteroatoms. The van der Waals surface area contributed by atoms with Crippen LogP contribution in [0.15, 0.2) is 47.0 Å². The zero-order valence-corrected chi connectivity index (χ0v) is 19.6. The van der Waals surface area contributed by atoms with Crippen molar-refractivity contribution in [3.05, 3.63) is 81.4 Å². The third kappa shape index (κ3) is 5.54. The quantitative estimate of drug-likeness (QED) is 0.491. The molecule has 4 rings (SSSR count). The molecular formula is C25H27ClFN3O3. The number of halogens is 2. The molecule has 33 heavy (non-hydrogen) atoms. The maximum absolute atomic E-state index is 13.3. The fourth-order valence-electron chi connectivity index (χ4n) is 3.86. The van der Waals surface area contributed by atoms with Crippen LogP contribution in [0, 0.1) is 12.7 Å². The normalized spacial score (nSPS) is 14.5. The van der Waals surface area contributed by atoms with Gasteiger partial charge in [-0.25, -0.2) is 4.39 Å². The van der Waals surface area contributed by atoms with E-state index in [1.807, 2.05) is 24.3 Å². The van der Waals surface area contributed by atoms with Crippen molar-refractivity contribution in [2.75, 3.05) is 26.2 Å². The van der Waals surface area contributed by atoms with Crippen molar-refractivity contribution in [3.8, 4) is 5.75 Å². The minimum Gasteiger partial charge on any atom is -0.489 e. The summed E-state index contributed by atoms with van der Waals surface area (Å²) in [5.41, 5.74) is 3.07. The average molecular weight is 472 g/mol. The Morgan fingerprint density at radius 3 is 2.55 bits per heavy atom. The second-order valence-corrected chi connectivity index (χ2v) is 8.56. The summed E-state index contributed by atoms with van der Waals surface area (Å²) in [6.07, 6.45) is 0.966. The van der Waals surface area contributed by atoms with Gasteiger partial charge in [0, 0.05) is 37.7 Å². The predicted molar refractivity (Wildman–Crippen MR) is 124 cm³/mol. The summed E-state index contributed by atoms with van der Waals surface area (Å²) in [6, 6.07) is 12.4. The largest absolute Gasteiger partial charge is 0.489 e. The first-order valence-corrected chi connectivity index (χ1v) is 11.4. The van der Waals surface area contributed by atoms with E-state index in [0.717, 1.165) is 17.7 Å². The second-order valence-electron chi connectivity index (χ2n) is 8.16. The van der Waals surface area contributed by atoms with Gasteiger partial charge in [0.1, 0.15) is 23.9 Å². The first-order chi connectivity index (χ1) is 15.9. The predicted octanol–water partition coefficient (Wildman–Crippen LogP) is 4.87. The van der Waals surface area contributed by atoms with E-state index in [2.05, 4.69) is 17.0 Å². The summed E-state index contributed by atoms with van der Waals surface area (Å²) in [7, 11) is 0. The van der Waals surface area contributed by atoms with Gasteiger partial charge >= 0.3 is 0 Å². The Morgan fingerprint density at radius 1 is 1.15 bits per heavy atom. The highest BCUT2D eigenvalue weighted by molar-refractivity contribution is 6.31.